The second-order valence-corrected chi connectivity index (χ2v) is 2.24. The summed E-state index contributed by atoms with van der Waals surface area (Å²) in [6.07, 6.45) is 0. The molecule has 0 aliphatic rings. The molecular weight excluding hydrogens is 161 g/mol. The minimum absolute atomic E-state index is 0.0684. The van der Waals surface area contributed by atoms with Gasteiger partial charge in [-0.15, -0.1) is 0 Å². The minimum Gasteiger partial charge on any atom is -0.507 e. The summed E-state index contributed by atoms with van der Waals surface area (Å²) in [5.41, 5.74) is 0.0684. The fourth-order valence-electron chi connectivity index (χ4n) is 0.831. The maximum absolute atomic E-state index is 12.4. The number of hydrogen-bond donors (Lipinski definition) is 2. The van der Waals surface area contributed by atoms with Crippen molar-refractivity contribution in [3.63, 3.8) is 0 Å². The van der Waals surface area contributed by atoms with E-state index in [1.165, 1.54) is 13.1 Å². The van der Waals surface area contributed by atoms with Gasteiger partial charge in [0.25, 0.3) is 5.91 Å². The average Bonchev–Trinajstić information content (AvgIpc) is 2.03. The Hall–Kier alpha value is -1.58. The van der Waals surface area contributed by atoms with Crippen LogP contribution in [0.5, 0.6) is 5.75 Å². The molecule has 0 saturated heterocycles. The van der Waals surface area contributed by atoms with Gasteiger partial charge in [-0.05, 0) is 12.1 Å². The van der Waals surface area contributed by atoms with E-state index < -0.39 is 11.7 Å². The predicted molar refractivity (Wildman–Crippen MR) is 41.5 cm³/mol. The van der Waals surface area contributed by atoms with Crippen LogP contribution in [0.2, 0.25) is 0 Å². The molecule has 64 valence electrons. The molecule has 12 heavy (non-hydrogen) atoms. The first-order valence-corrected chi connectivity index (χ1v) is 3.35. The minimum atomic E-state index is -0.569. The van der Waals surface area contributed by atoms with Crippen LogP contribution >= 0.6 is 0 Å². The Kier molecular flexibility index (Phi) is 2.28. The third-order valence-electron chi connectivity index (χ3n) is 1.43. The van der Waals surface area contributed by atoms with Gasteiger partial charge < -0.3 is 10.4 Å². The monoisotopic (exact) mass is 169 g/mol. The molecule has 1 amide bonds. The van der Waals surface area contributed by atoms with Gasteiger partial charge >= 0.3 is 0 Å². The topological polar surface area (TPSA) is 49.3 Å². The Bertz CT molecular complexity index is 312. The van der Waals surface area contributed by atoms with Crippen molar-refractivity contribution in [2.24, 2.45) is 0 Å². The highest BCUT2D eigenvalue weighted by Gasteiger charge is 2.08. The largest absolute Gasteiger partial charge is 0.507 e. The van der Waals surface area contributed by atoms with Crippen molar-refractivity contribution < 1.29 is 14.3 Å². The molecule has 0 atom stereocenters. The molecule has 3 nitrogen and oxygen atoms in total. The molecule has 1 aromatic carbocycles. The van der Waals surface area contributed by atoms with Crippen LogP contribution in [0.3, 0.4) is 0 Å². The number of carbonyl (C=O) groups is 1. The van der Waals surface area contributed by atoms with Gasteiger partial charge in [0.1, 0.15) is 11.6 Å². The number of aromatic hydroxyl groups is 1. The van der Waals surface area contributed by atoms with Gasteiger partial charge in [-0.1, -0.05) is 0 Å². The van der Waals surface area contributed by atoms with Crippen LogP contribution in [0.15, 0.2) is 18.2 Å². The first kappa shape index (κ1) is 8.52. The lowest BCUT2D eigenvalue weighted by Crippen LogP contribution is -2.17. The van der Waals surface area contributed by atoms with Gasteiger partial charge in [0.05, 0.1) is 5.56 Å². The number of benzene rings is 1. The Balaban J connectivity index is 3.09. The Morgan fingerprint density at radius 2 is 2.25 bits per heavy atom. The summed E-state index contributed by atoms with van der Waals surface area (Å²) >= 11 is 0. The molecular formula is C8H8FNO2. The summed E-state index contributed by atoms with van der Waals surface area (Å²) in [6.45, 7) is 0. The summed E-state index contributed by atoms with van der Waals surface area (Å²) in [6, 6.07) is 3.23. The summed E-state index contributed by atoms with van der Waals surface area (Å²) in [5.74, 6) is -1.36. The van der Waals surface area contributed by atoms with E-state index in [1.807, 2.05) is 0 Å². The number of phenols is 1. The van der Waals surface area contributed by atoms with Gasteiger partial charge in [0, 0.05) is 13.1 Å². The molecule has 0 aliphatic heterocycles. The number of nitrogens with one attached hydrogen (secondary N) is 1. The van der Waals surface area contributed by atoms with Crippen LogP contribution < -0.4 is 5.32 Å². The van der Waals surface area contributed by atoms with Crippen LogP contribution in [0, 0.1) is 5.82 Å². The standard InChI is InChI=1S/C8H8FNO2/c1-10-8(12)6-3-2-5(9)4-7(6)11/h2-4,11H,1H3,(H,10,12). The molecule has 0 bridgehead atoms. The zero-order valence-corrected chi connectivity index (χ0v) is 6.47. The van der Waals surface area contributed by atoms with Crippen molar-refractivity contribution in [2.75, 3.05) is 7.05 Å². The van der Waals surface area contributed by atoms with E-state index in [-0.39, 0.29) is 11.3 Å². The van der Waals surface area contributed by atoms with E-state index in [0.717, 1.165) is 12.1 Å². The summed E-state index contributed by atoms with van der Waals surface area (Å²) in [7, 11) is 1.44. The first-order valence-electron chi connectivity index (χ1n) is 3.35. The molecule has 0 heterocycles. The fourth-order valence-corrected chi connectivity index (χ4v) is 0.831. The lowest BCUT2D eigenvalue weighted by molar-refractivity contribution is 0.0960. The molecule has 0 aromatic heterocycles. The van der Waals surface area contributed by atoms with Crippen molar-refractivity contribution in [1.82, 2.24) is 5.32 Å². The molecule has 4 heteroatoms. The SMILES string of the molecule is CNC(=O)c1ccc(F)cc1O. The Labute approximate surface area is 68.8 Å². The lowest BCUT2D eigenvalue weighted by Gasteiger charge is -2.01. The Morgan fingerprint density at radius 1 is 1.58 bits per heavy atom. The number of hydrogen-bond acceptors (Lipinski definition) is 2. The first-order chi connectivity index (χ1) is 5.65. The molecule has 0 unspecified atom stereocenters. The van der Waals surface area contributed by atoms with Gasteiger partial charge in [0.2, 0.25) is 0 Å². The highest BCUT2D eigenvalue weighted by Crippen LogP contribution is 2.17. The second-order valence-electron chi connectivity index (χ2n) is 2.24. The van der Waals surface area contributed by atoms with Crippen molar-refractivity contribution in [3.05, 3.63) is 29.6 Å². The lowest BCUT2D eigenvalue weighted by atomic mass is 10.2. The van der Waals surface area contributed by atoms with E-state index in [2.05, 4.69) is 5.32 Å². The summed E-state index contributed by atoms with van der Waals surface area (Å²) in [5, 5.41) is 11.4. The van der Waals surface area contributed by atoms with E-state index >= 15 is 0 Å². The zero-order chi connectivity index (χ0) is 9.14. The molecule has 0 spiro atoms. The van der Waals surface area contributed by atoms with Gasteiger partial charge in [0.15, 0.2) is 0 Å². The van der Waals surface area contributed by atoms with Gasteiger partial charge in [-0.2, -0.15) is 0 Å². The van der Waals surface area contributed by atoms with Crippen molar-refractivity contribution in [2.45, 2.75) is 0 Å². The van der Waals surface area contributed by atoms with E-state index in [4.69, 9.17) is 5.11 Å². The fraction of sp³-hybridized carbons (Fsp3) is 0.125. The normalized spacial score (nSPS) is 9.50. The van der Waals surface area contributed by atoms with Crippen LogP contribution in [0.4, 0.5) is 4.39 Å². The number of halogens is 1. The van der Waals surface area contributed by atoms with E-state index in [0.29, 0.717) is 0 Å². The van der Waals surface area contributed by atoms with Crippen molar-refractivity contribution in [3.8, 4) is 5.75 Å². The van der Waals surface area contributed by atoms with Crippen LogP contribution in [0.25, 0.3) is 0 Å². The number of amides is 1. The maximum Gasteiger partial charge on any atom is 0.254 e. The third kappa shape index (κ3) is 1.53. The van der Waals surface area contributed by atoms with E-state index in [9.17, 15) is 9.18 Å². The molecule has 0 aliphatic carbocycles. The van der Waals surface area contributed by atoms with Gasteiger partial charge in [-0.25, -0.2) is 4.39 Å². The molecule has 0 fully saturated rings. The van der Waals surface area contributed by atoms with Crippen LogP contribution in [-0.4, -0.2) is 18.1 Å². The van der Waals surface area contributed by atoms with Crippen molar-refractivity contribution in [1.29, 1.82) is 0 Å². The quantitative estimate of drug-likeness (QED) is 0.655. The van der Waals surface area contributed by atoms with Crippen LogP contribution in [0.1, 0.15) is 10.4 Å². The van der Waals surface area contributed by atoms with Crippen LogP contribution in [-0.2, 0) is 0 Å². The second kappa shape index (κ2) is 3.21. The number of rotatable bonds is 1. The molecule has 1 rings (SSSR count). The van der Waals surface area contributed by atoms with E-state index in [1.54, 1.807) is 0 Å². The maximum atomic E-state index is 12.4. The summed E-state index contributed by atoms with van der Waals surface area (Å²) < 4.78 is 12.4. The van der Waals surface area contributed by atoms with Crippen molar-refractivity contribution >= 4 is 5.91 Å². The summed E-state index contributed by atoms with van der Waals surface area (Å²) in [4.78, 5) is 11.0. The average molecular weight is 169 g/mol. The third-order valence-corrected chi connectivity index (χ3v) is 1.43. The smallest absolute Gasteiger partial charge is 0.254 e. The number of phenolic OH excluding ortho intramolecular Hbond substituents is 1. The Morgan fingerprint density at radius 3 is 2.75 bits per heavy atom. The molecule has 0 saturated carbocycles. The zero-order valence-electron chi connectivity index (χ0n) is 6.47. The molecule has 1 aromatic rings. The predicted octanol–water partition coefficient (Wildman–Crippen LogP) is 0.891. The van der Waals surface area contributed by atoms with Gasteiger partial charge in [-0.3, -0.25) is 4.79 Å². The highest BCUT2D eigenvalue weighted by molar-refractivity contribution is 5.96. The number of carbonyl (C=O) groups excluding carboxylic acids is 1. The molecule has 0 radical (unpaired) electrons. The molecule has 2 N–H and O–H groups in total. The highest BCUT2D eigenvalue weighted by atomic mass is 19.1.